The molecule has 132 valence electrons. The summed E-state index contributed by atoms with van der Waals surface area (Å²) in [7, 11) is 0. The Balaban J connectivity index is 1.48. The first kappa shape index (κ1) is 17.0. The van der Waals surface area contributed by atoms with Crippen LogP contribution in [0, 0.1) is 5.92 Å². The largest absolute Gasteiger partial charge is 0.467 e. The van der Waals surface area contributed by atoms with Crippen molar-refractivity contribution in [3.8, 4) is 0 Å². The van der Waals surface area contributed by atoms with E-state index in [2.05, 4.69) is 5.32 Å². The second-order valence-corrected chi connectivity index (χ2v) is 6.85. The molecule has 24 heavy (non-hydrogen) atoms. The molecule has 6 heteroatoms. The summed E-state index contributed by atoms with van der Waals surface area (Å²) in [6.07, 6.45) is 7.17. The molecule has 2 aliphatic rings. The van der Waals surface area contributed by atoms with E-state index in [-0.39, 0.29) is 30.3 Å². The number of carbonyl (C=O) groups excluding carboxylic acids is 2. The molecule has 0 radical (unpaired) electrons. The maximum Gasteiger partial charge on any atom is 0.242 e. The standard InChI is InChI=1S/C18H26N2O4/c21-15(16-8-4-10-24-16)11-14-7-3-9-20(14)17(22)12-19-18(23)13-5-1-2-6-13/h4,8,10,13-15,21H,1-3,5-7,9,11-12H2,(H,19,23). The van der Waals surface area contributed by atoms with Crippen LogP contribution >= 0.6 is 0 Å². The average Bonchev–Trinajstić information content (AvgIpc) is 3.33. The molecule has 1 aliphatic heterocycles. The number of furan rings is 1. The minimum atomic E-state index is -0.702. The summed E-state index contributed by atoms with van der Waals surface area (Å²) in [5.41, 5.74) is 0. The number of nitrogens with one attached hydrogen (secondary N) is 1. The van der Waals surface area contributed by atoms with E-state index >= 15 is 0 Å². The number of amides is 2. The van der Waals surface area contributed by atoms with Crippen molar-refractivity contribution in [2.75, 3.05) is 13.1 Å². The van der Waals surface area contributed by atoms with E-state index in [0.29, 0.717) is 18.7 Å². The van der Waals surface area contributed by atoms with Gasteiger partial charge < -0.3 is 19.7 Å². The maximum atomic E-state index is 12.4. The van der Waals surface area contributed by atoms with Gasteiger partial charge in [-0.15, -0.1) is 0 Å². The van der Waals surface area contributed by atoms with Crippen LogP contribution in [0.25, 0.3) is 0 Å². The van der Waals surface area contributed by atoms with Gasteiger partial charge in [0.05, 0.1) is 12.8 Å². The fourth-order valence-electron chi connectivity index (χ4n) is 3.86. The Morgan fingerprint density at radius 2 is 2.08 bits per heavy atom. The molecule has 1 aliphatic carbocycles. The predicted octanol–water partition coefficient (Wildman–Crippen LogP) is 2.00. The summed E-state index contributed by atoms with van der Waals surface area (Å²) in [6.45, 7) is 0.746. The number of hydrogen-bond acceptors (Lipinski definition) is 4. The van der Waals surface area contributed by atoms with E-state index in [4.69, 9.17) is 4.42 Å². The van der Waals surface area contributed by atoms with Gasteiger partial charge >= 0.3 is 0 Å². The minimum Gasteiger partial charge on any atom is -0.467 e. The van der Waals surface area contributed by atoms with Crippen LogP contribution in [0.4, 0.5) is 0 Å². The molecule has 2 N–H and O–H groups in total. The second-order valence-electron chi connectivity index (χ2n) is 6.85. The topological polar surface area (TPSA) is 82.8 Å². The van der Waals surface area contributed by atoms with Crippen molar-refractivity contribution >= 4 is 11.8 Å². The van der Waals surface area contributed by atoms with Gasteiger partial charge in [0, 0.05) is 24.9 Å². The van der Waals surface area contributed by atoms with Gasteiger partial charge in [0.15, 0.2) is 0 Å². The van der Waals surface area contributed by atoms with Gasteiger partial charge in [0.1, 0.15) is 11.9 Å². The van der Waals surface area contributed by atoms with E-state index < -0.39 is 6.10 Å². The lowest BCUT2D eigenvalue weighted by Crippen LogP contribution is -2.44. The molecular formula is C18H26N2O4. The lowest BCUT2D eigenvalue weighted by atomic mass is 10.1. The van der Waals surface area contributed by atoms with Crippen LogP contribution in [0.3, 0.4) is 0 Å². The molecule has 3 rings (SSSR count). The summed E-state index contributed by atoms with van der Waals surface area (Å²) in [6, 6.07) is 3.49. The molecule has 2 fully saturated rings. The number of aliphatic hydroxyl groups excluding tert-OH is 1. The van der Waals surface area contributed by atoms with Crippen molar-refractivity contribution in [1.82, 2.24) is 10.2 Å². The van der Waals surface area contributed by atoms with Gasteiger partial charge in [0.25, 0.3) is 0 Å². The summed E-state index contributed by atoms with van der Waals surface area (Å²) in [5, 5.41) is 13.0. The Kier molecular flexibility index (Phi) is 5.56. The smallest absolute Gasteiger partial charge is 0.242 e. The van der Waals surface area contributed by atoms with Gasteiger partial charge in [-0.05, 0) is 37.8 Å². The van der Waals surface area contributed by atoms with E-state index in [9.17, 15) is 14.7 Å². The highest BCUT2D eigenvalue weighted by atomic mass is 16.4. The Morgan fingerprint density at radius 3 is 2.79 bits per heavy atom. The van der Waals surface area contributed by atoms with E-state index in [1.807, 2.05) is 0 Å². The first-order valence-electron chi connectivity index (χ1n) is 8.94. The molecule has 1 saturated heterocycles. The highest BCUT2D eigenvalue weighted by molar-refractivity contribution is 5.86. The van der Waals surface area contributed by atoms with E-state index in [1.165, 1.54) is 6.26 Å². The highest BCUT2D eigenvalue weighted by Crippen LogP contribution is 2.28. The Labute approximate surface area is 142 Å². The second kappa shape index (κ2) is 7.83. The van der Waals surface area contributed by atoms with Gasteiger partial charge in [0.2, 0.25) is 11.8 Å². The van der Waals surface area contributed by atoms with Gasteiger partial charge in [-0.1, -0.05) is 12.8 Å². The van der Waals surface area contributed by atoms with Gasteiger partial charge in [-0.25, -0.2) is 0 Å². The van der Waals surface area contributed by atoms with Crippen LogP contribution in [0.1, 0.15) is 56.8 Å². The summed E-state index contributed by atoms with van der Waals surface area (Å²) >= 11 is 0. The predicted molar refractivity (Wildman–Crippen MR) is 88.0 cm³/mol. The molecule has 0 aromatic carbocycles. The Bertz CT molecular complexity index is 551. The zero-order valence-corrected chi connectivity index (χ0v) is 13.9. The molecule has 2 heterocycles. The molecule has 2 atom stereocenters. The van der Waals surface area contributed by atoms with Crippen molar-refractivity contribution in [3.63, 3.8) is 0 Å². The highest BCUT2D eigenvalue weighted by Gasteiger charge is 2.31. The van der Waals surface area contributed by atoms with Gasteiger partial charge in [-0.3, -0.25) is 9.59 Å². The number of carbonyl (C=O) groups is 2. The number of nitrogens with zero attached hydrogens (tertiary/aromatic N) is 1. The quantitative estimate of drug-likeness (QED) is 0.833. The third kappa shape index (κ3) is 3.98. The van der Waals surface area contributed by atoms with Crippen molar-refractivity contribution in [2.24, 2.45) is 5.92 Å². The molecule has 0 spiro atoms. The van der Waals surface area contributed by atoms with Gasteiger partial charge in [-0.2, -0.15) is 0 Å². The van der Waals surface area contributed by atoms with Crippen molar-refractivity contribution in [1.29, 1.82) is 0 Å². The fraction of sp³-hybridized carbons (Fsp3) is 0.667. The minimum absolute atomic E-state index is 0.000910. The summed E-state index contributed by atoms with van der Waals surface area (Å²) in [4.78, 5) is 26.3. The lowest BCUT2D eigenvalue weighted by Gasteiger charge is -2.26. The zero-order valence-electron chi connectivity index (χ0n) is 13.9. The maximum absolute atomic E-state index is 12.4. The monoisotopic (exact) mass is 334 g/mol. The van der Waals surface area contributed by atoms with Crippen molar-refractivity contribution in [2.45, 2.75) is 57.1 Å². The van der Waals surface area contributed by atoms with Crippen LogP contribution in [0.15, 0.2) is 22.8 Å². The average molecular weight is 334 g/mol. The molecule has 6 nitrogen and oxygen atoms in total. The van der Waals surface area contributed by atoms with Crippen molar-refractivity contribution in [3.05, 3.63) is 24.2 Å². The fourth-order valence-corrected chi connectivity index (χ4v) is 3.86. The molecule has 1 saturated carbocycles. The van der Waals surface area contributed by atoms with Crippen LogP contribution < -0.4 is 5.32 Å². The molecule has 0 bridgehead atoms. The molecule has 2 unspecified atom stereocenters. The first-order valence-corrected chi connectivity index (χ1v) is 8.94. The summed E-state index contributed by atoms with van der Waals surface area (Å²) in [5.74, 6) is 0.555. The number of aliphatic hydroxyl groups is 1. The molecule has 2 amide bonds. The van der Waals surface area contributed by atoms with E-state index in [1.54, 1.807) is 17.0 Å². The Morgan fingerprint density at radius 1 is 1.29 bits per heavy atom. The van der Waals surface area contributed by atoms with Crippen molar-refractivity contribution < 1.29 is 19.1 Å². The normalized spacial score (nSPS) is 22.7. The lowest BCUT2D eigenvalue weighted by molar-refractivity contribution is -0.134. The van der Waals surface area contributed by atoms with Crippen LogP contribution in [-0.2, 0) is 9.59 Å². The Hall–Kier alpha value is -1.82. The third-order valence-corrected chi connectivity index (χ3v) is 5.20. The number of hydrogen-bond donors (Lipinski definition) is 2. The first-order chi connectivity index (χ1) is 11.6. The van der Waals surface area contributed by atoms with E-state index in [0.717, 1.165) is 38.5 Å². The number of rotatable bonds is 6. The van der Waals surface area contributed by atoms with Crippen LogP contribution in [0.5, 0.6) is 0 Å². The third-order valence-electron chi connectivity index (χ3n) is 5.20. The zero-order chi connectivity index (χ0) is 16.9. The van der Waals surface area contributed by atoms with Crippen LogP contribution in [-0.4, -0.2) is 41.0 Å². The molecular weight excluding hydrogens is 308 g/mol. The summed E-state index contributed by atoms with van der Waals surface area (Å²) < 4.78 is 5.23. The number of likely N-dealkylation sites (tertiary alicyclic amines) is 1. The molecule has 1 aromatic heterocycles. The SMILES string of the molecule is O=C(NCC(=O)N1CCCC1CC(O)c1ccco1)C1CCCC1. The van der Waals surface area contributed by atoms with Crippen LogP contribution in [0.2, 0.25) is 0 Å². The molecule has 1 aromatic rings.